The van der Waals surface area contributed by atoms with Crippen molar-refractivity contribution in [1.29, 1.82) is 0 Å². The van der Waals surface area contributed by atoms with E-state index in [2.05, 4.69) is 0 Å². The van der Waals surface area contributed by atoms with Crippen molar-refractivity contribution in [2.24, 2.45) is 5.73 Å². The molecular weight excluding hydrogens is 302 g/mol. The predicted octanol–water partition coefficient (Wildman–Crippen LogP) is 3.57. The van der Waals surface area contributed by atoms with E-state index < -0.39 is 0 Å². The van der Waals surface area contributed by atoms with Crippen LogP contribution in [0.15, 0.2) is 36.4 Å². The fourth-order valence-corrected chi connectivity index (χ4v) is 2.10. The molecular formula is C17H20ClNO3. The fraction of sp³-hybridized carbons (Fsp3) is 0.294. The number of nitrogens with two attached hydrogens (primary N) is 1. The van der Waals surface area contributed by atoms with Crippen LogP contribution in [0.4, 0.5) is 0 Å². The molecule has 0 aliphatic carbocycles. The predicted molar refractivity (Wildman–Crippen MR) is 88.1 cm³/mol. The number of halogens is 1. The molecule has 0 aliphatic heterocycles. The van der Waals surface area contributed by atoms with Crippen molar-refractivity contribution >= 4 is 11.6 Å². The Labute approximate surface area is 135 Å². The van der Waals surface area contributed by atoms with Crippen molar-refractivity contribution < 1.29 is 14.2 Å². The van der Waals surface area contributed by atoms with Crippen molar-refractivity contribution in [3.05, 3.63) is 52.5 Å². The maximum Gasteiger partial charge on any atom is 0.161 e. The summed E-state index contributed by atoms with van der Waals surface area (Å²) in [4.78, 5) is 0. The lowest BCUT2D eigenvalue weighted by Crippen LogP contribution is -2.10. The molecule has 2 rings (SSSR count). The molecule has 2 aromatic carbocycles. The Morgan fingerprint density at radius 1 is 1.00 bits per heavy atom. The van der Waals surface area contributed by atoms with Crippen LogP contribution in [0.1, 0.15) is 11.1 Å². The van der Waals surface area contributed by atoms with Gasteiger partial charge in [-0.25, -0.2) is 0 Å². The maximum atomic E-state index is 5.98. The number of ether oxygens (including phenoxy) is 3. The Balaban J connectivity index is 1.89. The van der Waals surface area contributed by atoms with Crippen LogP contribution in [0.2, 0.25) is 5.02 Å². The lowest BCUT2D eigenvalue weighted by atomic mass is 10.2. The van der Waals surface area contributed by atoms with Gasteiger partial charge in [0.25, 0.3) is 0 Å². The molecule has 0 amide bonds. The number of aryl methyl sites for hydroxylation is 1. The van der Waals surface area contributed by atoms with Crippen LogP contribution in [0.5, 0.6) is 17.2 Å². The molecule has 0 spiro atoms. The van der Waals surface area contributed by atoms with Crippen LogP contribution >= 0.6 is 11.6 Å². The van der Waals surface area contributed by atoms with Crippen LogP contribution in [-0.4, -0.2) is 20.3 Å². The molecule has 2 aromatic rings. The second-order valence-corrected chi connectivity index (χ2v) is 5.20. The van der Waals surface area contributed by atoms with Gasteiger partial charge in [-0.3, -0.25) is 0 Å². The van der Waals surface area contributed by atoms with Gasteiger partial charge in [0, 0.05) is 11.6 Å². The zero-order valence-corrected chi connectivity index (χ0v) is 13.5. The van der Waals surface area contributed by atoms with E-state index in [9.17, 15) is 0 Å². The second kappa shape index (κ2) is 7.92. The van der Waals surface area contributed by atoms with Gasteiger partial charge in [0.1, 0.15) is 19.0 Å². The van der Waals surface area contributed by atoms with E-state index in [1.165, 1.54) is 0 Å². The minimum Gasteiger partial charge on any atom is -0.493 e. The van der Waals surface area contributed by atoms with Crippen molar-refractivity contribution in [3.8, 4) is 17.2 Å². The van der Waals surface area contributed by atoms with Gasteiger partial charge in [0.2, 0.25) is 0 Å². The van der Waals surface area contributed by atoms with Gasteiger partial charge in [-0.2, -0.15) is 0 Å². The molecule has 0 aliphatic rings. The summed E-state index contributed by atoms with van der Waals surface area (Å²) in [6, 6.07) is 11.2. The van der Waals surface area contributed by atoms with Gasteiger partial charge in [-0.15, -0.1) is 0 Å². The molecule has 118 valence electrons. The first-order chi connectivity index (χ1) is 10.6. The number of hydrogen-bond acceptors (Lipinski definition) is 4. The smallest absolute Gasteiger partial charge is 0.161 e. The maximum absolute atomic E-state index is 5.98. The second-order valence-electron chi connectivity index (χ2n) is 4.80. The average molecular weight is 322 g/mol. The standard InChI is InChI=1S/C17H20ClNO3/c1-12-9-14(4-5-15(12)18)21-7-8-22-17-10-13(11-19)3-6-16(17)20-2/h3-6,9-10H,7-8,11,19H2,1-2H3. The Kier molecular flexibility index (Phi) is 5.92. The number of rotatable bonds is 7. The van der Waals surface area contributed by atoms with Gasteiger partial charge in [-0.1, -0.05) is 17.7 Å². The SMILES string of the molecule is COc1ccc(CN)cc1OCCOc1ccc(Cl)c(C)c1. The topological polar surface area (TPSA) is 53.7 Å². The Morgan fingerprint density at radius 3 is 2.45 bits per heavy atom. The summed E-state index contributed by atoms with van der Waals surface area (Å²) in [6.07, 6.45) is 0. The first kappa shape index (κ1) is 16.5. The van der Waals surface area contributed by atoms with Crippen LogP contribution in [-0.2, 0) is 6.54 Å². The van der Waals surface area contributed by atoms with Crippen molar-refractivity contribution in [3.63, 3.8) is 0 Å². The summed E-state index contributed by atoms with van der Waals surface area (Å²) in [6.45, 7) is 3.24. The summed E-state index contributed by atoms with van der Waals surface area (Å²) < 4.78 is 16.6. The van der Waals surface area contributed by atoms with Crippen molar-refractivity contribution in [2.75, 3.05) is 20.3 Å². The third kappa shape index (κ3) is 4.29. The lowest BCUT2D eigenvalue weighted by molar-refractivity contribution is 0.211. The molecule has 0 saturated heterocycles. The first-order valence-corrected chi connectivity index (χ1v) is 7.40. The van der Waals surface area contributed by atoms with E-state index in [-0.39, 0.29) is 0 Å². The molecule has 0 bridgehead atoms. The quantitative estimate of drug-likeness (QED) is 0.792. The summed E-state index contributed by atoms with van der Waals surface area (Å²) in [5, 5.41) is 0.729. The van der Waals surface area contributed by atoms with E-state index >= 15 is 0 Å². The molecule has 2 N–H and O–H groups in total. The highest BCUT2D eigenvalue weighted by Gasteiger charge is 2.05. The molecule has 0 heterocycles. The van der Waals surface area contributed by atoms with Gasteiger partial charge >= 0.3 is 0 Å². The van der Waals surface area contributed by atoms with Crippen LogP contribution in [0.25, 0.3) is 0 Å². The van der Waals surface area contributed by atoms with Gasteiger partial charge < -0.3 is 19.9 Å². The Hall–Kier alpha value is -1.91. The summed E-state index contributed by atoms with van der Waals surface area (Å²) in [5.74, 6) is 2.12. The van der Waals surface area contributed by atoms with Crippen LogP contribution in [0, 0.1) is 6.92 Å². The van der Waals surface area contributed by atoms with E-state index in [1.807, 2.05) is 43.3 Å². The first-order valence-electron chi connectivity index (χ1n) is 7.02. The molecule has 22 heavy (non-hydrogen) atoms. The monoisotopic (exact) mass is 321 g/mol. The van der Waals surface area contributed by atoms with Crippen LogP contribution < -0.4 is 19.9 Å². The minimum absolute atomic E-state index is 0.409. The molecule has 4 nitrogen and oxygen atoms in total. The highest BCUT2D eigenvalue weighted by Crippen LogP contribution is 2.28. The zero-order valence-electron chi connectivity index (χ0n) is 12.8. The van der Waals surface area contributed by atoms with Gasteiger partial charge in [0.15, 0.2) is 11.5 Å². The van der Waals surface area contributed by atoms with Crippen molar-refractivity contribution in [1.82, 2.24) is 0 Å². The molecule has 0 fully saturated rings. The number of benzene rings is 2. The van der Waals surface area contributed by atoms with E-state index in [4.69, 9.17) is 31.5 Å². The highest BCUT2D eigenvalue weighted by molar-refractivity contribution is 6.31. The zero-order chi connectivity index (χ0) is 15.9. The van der Waals surface area contributed by atoms with E-state index in [1.54, 1.807) is 7.11 Å². The Bertz CT molecular complexity index is 631. The Morgan fingerprint density at radius 2 is 1.77 bits per heavy atom. The largest absolute Gasteiger partial charge is 0.493 e. The number of hydrogen-bond donors (Lipinski definition) is 1. The molecule has 5 heteroatoms. The molecule has 0 unspecified atom stereocenters. The third-order valence-electron chi connectivity index (χ3n) is 3.20. The summed E-state index contributed by atoms with van der Waals surface area (Å²) in [5.41, 5.74) is 7.61. The normalized spacial score (nSPS) is 10.4. The molecule has 0 radical (unpaired) electrons. The third-order valence-corrected chi connectivity index (χ3v) is 3.63. The fourth-order valence-electron chi connectivity index (χ4n) is 1.98. The van der Waals surface area contributed by atoms with Gasteiger partial charge in [0.05, 0.1) is 7.11 Å². The molecule has 0 atom stereocenters. The van der Waals surface area contributed by atoms with E-state index in [0.29, 0.717) is 31.3 Å². The van der Waals surface area contributed by atoms with Crippen LogP contribution in [0.3, 0.4) is 0 Å². The highest BCUT2D eigenvalue weighted by atomic mass is 35.5. The van der Waals surface area contributed by atoms with E-state index in [0.717, 1.165) is 21.9 Å². The minimum atomic E-state index is 0.409. The molecule has 0 aromatic heterocycles. The summed E-state index contributed by atoms with van der Waals surface area (Å²) >= 11 is 5.98. The average Bonchev–Trinajstić information content (AvgIpc) is 2.54. The van der Waals surface area contributed by atoms with Crippen molar-refractivity contribution in [2.45, 2.75) is 13.5 Å². The summed E-state index contributed by atoms with van der Waals surface area (Å²) in [7, 11) is 1.61. The van der Waals surface area contributed by atoms with Gasteiger partial charge in [-0.05, 0) is 48.4 Å². The number of methoxy groups -OCH3 is 1. The molecule has 0 saturated carbocycles. The lowest BCUT2D eigenvalue weighted by Gasteiger charge is -2.13.